The van der Waals surface area contributed by atoms with Gasteiger partial charge in [-0.3, -0.25) is 15.0 Å². The molecule has 1 aliphatic rings. The molecule has 0 saturated carbocycles. The molecule has 0 radical (unpaired) electrons. The molecule has 1 rings (SSSR count). The predicted octanol–water partition coefficient (Wildman–Crippen LogP) is -0.0639. The van der Waals surface area contributed by atoms with Crippen LogP contribution in [0.3, 0.4) is 0 Å². The van der Waals surface area contributed by atoms with Gasteiger partial charge in [-0.2, -0.15) is 0 Å². The fourth-order valence-corrected chi connectivity index (χ4v) is 2.00. The third kappa shape index (κ3) is 4.80. The average Bonchev–Trinajstić information content (AvgIpc) is 2.29. The summed E-state index contributed by atoms with van der Waals surface area (Å²) in [6, 6.07) is -0.402. The number of nitrogens with one attached hydrogen (secondary N) is 3. The van der Waals surface area contributed by atoms with Crippen molar-refractivity contribution < 1.29 is 9.59 Å². The molecule has 0 aliphatic carbocycles. The molecule has 1 unspecified atom stereocenters. The summed E-state index contributed by atoms with van der Waals surface area (Å²) >= 11 is 0. The molecule has 0 spiro atoms. The lowest BCUT2D eigenvalue weighted by Gasteiger charge is -2.37. The van der Waals surface area contributed by atoms with Crippen molar-refractivity contribution in [2.75, 3.05) is 26.2 Å². The van der Waals surface area contributed by atoms with Crippen molar-refractivity contribution in [3.63, 3.8) is 0 Å². The summed E-state index contributed by atoms with van der Waals surface area (Å²) in [5.74, 6) is -0.246. The lowest BCUT2D eigenvalue weighted by molar-refractivity contribution is -0.125. The molecule has 0 aromatic heterocycles. The first-order valence-corrected chi connectivity index (χ1v) is 6.11. The maximum Gasteiger partial charge on any atom is 0.321 e. The van der Waals surface area contributed by atoms with E-state index in [0.29, 0.717) is 12.6 Å². The molecule has 6 nitrogen and oxygen atoms in total. The number of carbonyl (C=O) groups excluding carboxylic acids is 2. The lowest BCUT2D eigenvalue weighted by atomic mass is 10.1. The van der Waals surface area contributed by atoms with Crippen LogP contribution in [0.15, 0.2) is 0 Å². The summed E-state index contributed by atoms with van der Waals surface area (Å²) in [6.07, 6.45) is 0. The first kappa shape index (κ1) is 17.2. The molecule has 3 N–H and O–H groups in total. The zero-order chi connectivity index (χ0) is 12.8. The molecule has 1 saturated heterocycles. The Kier molecular flexibility index (Phi) is 7.90. The monoisotopic (exact) mass is 278 g/mol. The van der Waals surface area contributed by atoms with E-state index in [1.807, 2.05) is 13.8 Å². The van der Waals surface area contributed by atoms with Crippen LogP contribution in [0, 0.1) is 0 Å². The molecule has 3 amide bonds. The summed E-state index contributed by atoms with van der Waals surface area (Å²) in [5, 5.41) is 8.16. The van der Waals surface area contributed by atoms with Crippen LogP contribution in [0.25, 0.3) is 0 Å². The van der Waals surface area contributed by atoms with Crippen LogP contribution in [0.4, 0.5) is 4.79 Å². The molecular weight excluding hydrogens is 256 g/mol. The fourth-order valence-electron chi connectivity index (χ4n) is 2.00. The first-order valence-electron chi connectivity index (χ1n) is 6.11. The molecule has 1 heterocycles. The molecule has 0 aromatic carbocycles. The van der Waals surface area contributed by atoms with Crippen molar-refractivity contribution in [3.05, 3.63) is 0 Å². The highest BCUT2D eigenvalue weighted by atomic mass is 35.5. The number of nitrogens with zero attached hydrogens (tertiary/aromatic N) is 1. The number of halogens is 1. The number of hydrogen-bond acceptors (Lipinski definition) is 4. The van der Waals surface area contributed by atoms with Crippen LogP contribution < -0.4 is 16.0 Å². The lowest BCUT2D eigenvalue weighted by Crippen LogP contribution is -2.58. The molecule has 2 atom stereocenters. The van der Waals surface area contributed by atoms with Gasteiger partial charge in [0.15, 0.2) is 0 Å². The number of amides is 3. The van der Waals surface area contributed by atoms with E-state index in [2.05, 4.69) is 27.8 Å². The van der Waals surface area contributed by atoms with Gasteiger partial charge in [0.25, 0.3) is 0 Å². The number of rotatable bonds is 3. The van der Waals surface area contributed by atoms with E-state index in [1.165, 1.54) is 0 Å². The maximum absolute atomic E-state index is 11.8. The largest absolute Gasteiger partial charge is 0.338 e. The summed E-state index contributed by atoms with van der Waals surface area (Å²) in [6.45, 7) is 8.80. The molecule has 0 aromatic rings. The molecule has 0 bridgehead atoms. The van der Waals surface area contributed by atoms with Crippen molar-refractivity contribution >= 4 is 24.3 Å². The van der Waals surface area contributed by atoms with Gasteiger partial charge in [-0.1, -0.05) is 0 Å². The van der Waals surface area contributed by atoms with E-state index < -0.39 is 6.03 Å². The van der Waals surface area contributed by atoms with Gasteiger partial charge < -0.3 is 10.6 Å². The fraction of sp³-hybridized carbons (Fsp3) is 0.818. The number of carbonyl (C=O) groups is 2. The number of imide groups is 1. The minimum absolute atomic E-state index is 0. The van der Waals surface area contributed by atoms with Gasteiger partial charge in [0.2, 0.25) is 5.91 Å². The highest BCUT2D eigenvalue weighted by Gasteiger charge is 2.28. The second kappa shape index (κ2) is 8.29. The van der Waals surface area contributed by atoms with Gasteiger partial charge >= 0.3 is 6.03 Å². The number of hydrogen-bond donors (Lipinski definition) is 3. The van der Waals surface area contributed by atoms with Gasteiger partial charge in [-0.25, -0.2) is 4.79 Å². The Morgan fingerprint density at radius 2 is 2.17 bits per heavy atom. The van der Waals surface area contributed by atoms with E-state index in [1.54, 1.807) is 0 Å². The van der Waals surface area contributed by atoms with Gasteiger partial charge in [-0.05, 0) is 20.8 Å². The standard InChI is InChI=1S/C11H22N4O2.ClH/c1-4-13-11(17)14-10(16)9(3)15-6-5-12-7-8(15)2;/h8-9,12H,4-7H2,1-3H3,(H2,13,14,16,17);1H/t8-,9?;/m0./s1. The third-order valence-corrected chi connectivity index (χ3v) is 3.00. The highest BCUT2D eigenvalue weighted by Crippen LogP contribution is 2.07. The Morgan fingerprint density at radius 1 is 1.50 bits per heavy atom. The van der Waals surface area contributed by atoms with Crippen molar-refractivity contribution in [2.24, 2.45) is 0 Å². The average molecular weight is 279 g/mol. The van der Waals surface area contributed by atoms with Crippen molar-refractivity contribution in [3.8, 4) is 0 Å². The van der Waals surface area contributed by atoms with Crippen molar-refractivity contribution in [1.82, 2.24) is 20.9 Å². The maximum atomic E-state index is 11.8. The van der Waals surface area contributed by atoms with E-state index in [-0.39, 0.29) is 24.4 Å². The quantitative estimate of drug-likeness (QED) is 0.676. The van der Waals surface area contributed by atoms with Gasteiger partial charge in [0.1, 0.15) is 0 Å². The van der Waals surface area contributed by atoms with Crippen molar-refractivity contribution in [2.45, 2.75) is 32.9 Å². The van der Waals surface area contributed by atoms with Crippen LogP contribution in [0.1, 0.15) is 20.8 Å². The summed E-state index contributed by atoms with van der Waals surface area (Å²) in [4.78, 5) is 25.2. The Labute approximate surface area is 114 Å². The highest BCUT2D eigenvalue weighted by molar-refractivity contribution is 5.96. The third-order valence-electron chi connectivity index (χ3n) is 3.00. The normalized spacial score (nSPS) is 21.6. The van der Waals surface area contributed by atoms with E-state index in [9.17, 15) is 9.59 Å². The second-order valence-electron chi connectivity index (χ2n) is 4.32. The smallest absolute Gasteiger partial charge is 0.321 e. The number of urea groups is 1. The summed E-state index contributed by atoms with van der Waals surface area (Å²) in [5.41, 5.74) is 0. The van der Waals surface area contributed by atoms with Gasteiger partial charge in [0.05, 0.1) is 6.04 Å². The molecule has 106 valence electrons. The van der Waals surface area contributed by atoms with E-state index >= 15 is 0 Å². The van der Waals surface area contributed by atoms with Gasteiger partial charge in [-0.15, -0.1) is 12.4 Å². The Balaban J connectivity index is 0.00000289. The van der Waals surface area contributed by atoms with Crippen LogP contribution >= 0.6 is 12.4 Å². The Morgan fingerprint density at radius 3 is 2.72 bits per heavy atom. The van der Waals surface area contributed by atoms with Crippen LogP contribution in [-0.2, 0) is 4.79 Å². The van der Waals surface area contributed by atoms with Crippen LogP contribution in [0.5, 0.6) is 0 Å². The van der Waals surface area contributed by atoms with Crippen LogP contribution in [0.2, 0.25) is 0 Å². The molecule has 7 heteroatoms. The first-order chi connectivity index (χ1) is 8.06. The zero-order valence-corrected chi connectivity index (χ0v) is 12.0. The predicted molar refractivity (Wildman–Crippen MR) is 73.0 cm³/mol. The minimum Gasteiger partial charge on any atom is -0.338 e. The molecule has 1 fully saturated rings. The molecule has 18 heavy (non-hydrogen) atoms. The summed E-state index contributed by atoms with van der Waals surface area (Å²) < 4.78 is 0. The summed E-state index contributed by atoms with van der Waals surface area (Å²) in [7, 11) is 0. The Hall–Kier alpha value is -0.850. The second-order valence-corrected chi connectivity index (χ2v) is 4.32. The molecular formula is C11H23ClN4O2. The molecule has 1 aliphatic heterocycles. The topological polar surface area (TPSA) is 73.5 Å². The number of piperazine rings is 1. The van der Waals surface area contributed by atoms with E-state index in [0.717, 1.165) is 19.6 Å². The van der Waals surface area contributed by atoms with Crippen molar-refractivity contribution in [1.29, 1.82) is 0 Å². The Bertz CT molecular complexity index is 288. The minimum atomic E-state index is -0.424. The van der Waals surface area contributed by atoms with E-state index in [4.69, 9.17) is 0 Å². The zero-order valence-electron chi connectivity index (χ0n) is 11.2. The SMILES string of the molecule is CCNC(=O)NC(=O)C(C)N1CCNC[C@@H]1C.Cl. The van der Waals surface area contributed by atoms with Crippen LogP contribution in [-0.4, -0.2) is 55.1 Å². The van der Waals surface area contributed by atoms with Gasteiger partial charge in [0, 0.05) is 32.2 Å².